The molecule has 1 rings (SSSR count). The number of carbonyl (C=O) groups excluding carboxylic acids is 1. The first kappa shape index (κ1) is 34.8. The number of rotatable bonds is 21. The predicted octanol–water partition coefficient (Wildman–Crippen LogP) is 7.03. The smallest absolute Gasteiger partial charge is 0.246 e. The van der Waals surface area contributed by atoms with E-state index in [1.807, 2.05) is 20.9 Å². The average molecular weight is 518 g/mol. The molecule has 212 valence electrons. The summed E-state index contributed by atoms with van der Waals surface area (Å²) in [6, 6.07) is 8.69. The van der Waals surface area contributed by atoms with Gasteiger partial charge in [0.2, 0.25) is 5.91 Å². The average Bonchev–Trinajstić information content (AvgIpc) is 2.93. The molecule has 0 fully saturated rings. The third-order valence-electron chi connectivity index (χ3n) is 6.13. The Kier molecular flexibility index (Phi) is 22.7. The van der Waals surface area contributed by atoms with Gasteiger partial charge in [0.25, 0.3) is 0 Å². The summed E-state index contributed by atoms with van der Waals surface area (Å²) in [6.07, 6.45) is 12.8. The maximum Gasteiger partial charge on any atom is 0.246 e. The number of hydrogen-bond acceptors (Lipinski definition) is 5. The summed E-state index contributed by atoms with van der Waals surface area (Å²) in [4.78, 5) is 17.4. The first-order valence-corrected chi connectivity index (χ1v) is 14.5. The summed E-state index contributed by atoms with van der Waals surface area (Å²) in [7, 11) is 1.84. The van der Waals surface area contributed by atoms with Gasteiger partial charge in [-0.15, -0.1) is 0 Å². The van der Waals surface area contributed by atoms with E-state index in [0.29, 0.717) is 18.9 Å². The second-order valence-corrected chi connectivity index (χ2v) is 9.27. The van der Waals surface area contributed by atoms with E-state index in [0.717, 1.165) is 24.1 Å². The van der Waals surface area contributed by atoms with Crippen molar-refractivity contribution in [1.29, 1.82) is 0 Å². The number of likely N-dealkylation sites (N-methyl/N-ethyl adjacent to an activating group) is 1. The van der Waals surface area contributed by atoms with E-state index in [1.54, 1.807) is 0 Å². The minimum atomic E-state index is -0.205. The lowest BCUT2D eigenvalue weighted by molar-refractivity contribution is -0.125. The fourth-order valence-corrected chi connectivity index (χ4v) is 3.66. The SMILES string of the molecule is C=C(CNC(=O)COCCNC)O/N=C(/c1ccc(CCCCCCCCCC)cc1)C(C)CC.CC. The van der Waals surface area contributed by atoms with Crippen LogP contribution in [0, 0.1) is 5.92 Å². The standard InChI is InChI=1S/C29H49N3O3.C2H6/c1-6-8-9-10-11-12-13-14-15-26-16-18-27(19-17-26)29(24(3)7-2)32-35-25(4)22-31-28(33)23-34-21-20-30-5;1-2/h16-19,24,30H,4,6-15,20-23H2,1-3,5H3,(H,31,33);1-2H3/b32-29+;. The van der Waals surface area contributed by atoms with Gasteiger partial charge in [0.15, 0.2) is 0 Å². The monoisotopic (exact) mass is 517 g/mol. The van der Waals surface area contributed by atoms with Gasteiger partial charge in [-0.25, -0.2) is 0 Å². The number of nitrogens with zero attached hydrogens (tertiary/aromatic N) is 1. The minimum absolute atomic E-state index is 0.0155. The highest BCUT2D eigenvalue weighted by Gasteiger charge is 2.13. The van der Waals surface area contributed by atoms with E-state index in [1.165, 1.54) is 56.9 Å². The van der Waals surface area contributed by atoms with Crippen LogP contribution in [-0.2, 0) is 20.8 Å². The molecular formula is C31H55N3O3. The Morgan fingerprint density at radius 2 is 1.62 bits per heavy atom. The first-order chi connectivity index (χ1) is 18.0. The molecule has 1 unspecified atom stereocenters. The zero-order valence-corrected chi connectivity index (χ0v) is 24.7. The van der Waals surface area contributed by atoms with Gasteiger partial charge in [0.1, 0.15) is 12.4 Å². The van der Waals surface area contributed by atoms with Crippen LogP contribution in [0.15, 0.2) is 41.8 Å². The van der Waals surface area contributed by atoms with Crippen LogP contribution in [0.4, 0.5) is 0 Å². The molecule has 0 bridgehead atoms. The number of hydrogen-bond donors (Lipinski definition) is 2. The van der Waals surface area contributed by atoms with Crippen LogP contribution in [0.1, 0.15) is 104 Å². The number of aryl methyl sites for hydroxylation is 1. The minimum Gasteiger partial charge on any atom is -0.370 e. The summed E-state index contributed by atoms with van der Waals surface area (Å²) in [6.45, 7) is 15.8. The Morgan fingerprint density at radius 1 is 1.00 bits per heavy atom. The van der Waals surface area contributed by atoms with Gasteiger partial charge < -0.3 is 20.2 Å². The number of oxime groups is 1. The fraction of sp³-hybridized carbons (Fsp3) is 0.677. The Hall–Kier alpha value is -2.18. The van der Waals surface area contributed by atoms with Crippen LogP contribution in [-0.4, -0.2) is 45.0 Å². The van der Waals surface area contributed by atoms with E-state index in [2.05, 4.69) is 67.4 Å². The number of carbonyl (C=O) groups is 1. The van der Waals surface area contributed by atoms with Gasteiger partial charge in [-0.2, -0.15) is 0 Å². The molecule has 0 radical (unpaired) electrons. The van der Waals surface area contributed by atoms with Crippen molar-refractivity contribution in [3.05, 3.63) is 47.7 Å². The maximum atomic E-state index is 11.8. The highest BCUT2D eigenvalue weighted by atomic mass is 16.6. The molecule has 6 nitrogen and oxygen atoms in total. The second kappa shape index (κ2) is 24.2. The molecule has 0 heterocycles. The normalized spacial score (nSPS) is 11.9. The fourth-order valence-electron chi connectivity index (χ4n) is 3.66. The van der Waals surface area contributed by atoms with Gasteiger partial charge in [-0.1, -0.05) is 116 Å². The van der Waals surface area contributed by atoms with Gasteiger partial charge in [-0.3, -0.25) is 4.79 Å². The number of nitrogens with one attached hydrogen (secondary N) is 2. The van der Waals surface area contributed by atoms with Crippen LogP contribution >= 0.6 is 0 Å². The number of ether oxygens (including phenoxy) is 1. The van der Waals surface area contributed by atoms with Crippen LogP contribution in [0.25, 0.3) is 0 Å². The molecule has 1 aromatic rings. The molecule has 37 heavy (non-hydrogen) atoms. The van der Waals surface area contributed by atoms with Crippen molar-refractivity contribution in [3.8, 4) is 0 Å². The topological polar surface area (TPSA) is 72.0 Å². The van der Waals surface area contributed by atoms with Crippen LogP contribution in [0.2, 0.25) is 0 Å². The molecule has 2 N–H and O–H groups in total. The van der Waals surface area contributed by atoms with E-state index in [9.17, 15) is 4.79 Å². The third-order valence-corrected chi connectivity index (χ3v) is 6.13. The Labute approximate surface area is 227 Å². The van der Waals surface area contributed by atoms with E-state index in [-0.39, 0.29) is 25.0 Å². The molecule has 0 spiro atoms. The van der Waals surface area contributed by atoms with Crippen molar-refractivity contribution < 1.29 is 14.4 Å². The summed E-state index contributed by atoms with van der Waals surface area (Å²) in [5.74, 6) is 0.432. The molecule has 1 aromatic carbocycles. The third kappa shape index (κ3) is 17.8. The number of amides is 1. The van der Waals surface area contributed by atoms with Crippen molar-refractivity contribution in [1.82, 2.24) is 10.6 Å². The van der Waals surface area contributed by atoms with Crippen LogP contribution in [0.5, 0.6) is 0 Å². The Morgan fingerprint density at radius 3 is 2.22 bits per heavy atom. The van der Waals surface area contributed by atoms with E-state index >= 15 is 0 Å². The van der Waals surface area contributed by atoms with Crippen molar-refractivity contribution in [2.24, 2.45) is 11.1 Å². The highest BCUT2D eigenvalue weighted by Crippen LogP contribution is 2.17. The molecule has 0 saturated carbocycles. The van der Waals surface area contributed by atoms with Gasteiger partial charge in [-0.05, 0) is 37.4 Å². The highest BCUT2D eigenvalue weighted by molar-refractivity contribution is 6.01. The maximum absolute atomic E-state index is 11.8. The van der Waals surface area contributed by atoms with Gasteiger partial charge >= 0.3 is 0 Å². The lowest BCUT2D eigenvalue weighted by atomic mass is 9.95. The molecule has 6 heteroatoms. The van der Waals surface area contributed by atoms with E-state index < -0.39 is 0 Å². The summed E-state index contributed by atoms with van der Waals surface area (Å²) in [5, 5.41) is 10.1. The lowest BCUT2D eigenvalue weighted by Gasteiger charge is -2.14. The Balaban J connectivity index is 0.00000631. The number of benzene rings is 1. The molecule has 0 aliphatic carbocycles. The zero-order valence-electron chi connectivity index (χ0n) is 24.7. The largest absolute Gasteiger partial charge is 0.370 e. The molecule has 0 aromatic heterocycles. The molecule has 1 atom stereocenters. The first-order valence-electron chi connectivity index (χ1n) is 14.5. The van der Waals surface area contributed by atoms with Crippen molar-refractivity contribution >= 4 is 11.6 Å². The summed E-state index contributed by atoms with van der Waals surface area (Å²) < 4.78 is 5.26. The van der Waals surface area contributed by atoms with Crippen molar-refractivity contribution in [3.63, 3.8) is 0 Å². The second-order valence-electron chi connectivity index (χ2n) is 9.27. The zero-order chi connectivity index (χ0) is 27.7. The number of unbranched alkanes of at least 4 members (excludes halogenated alkanes) is 7. The van der Waals surface area contributed by atoms with Crippen molar-refractivity contribution in [2.45, 2.75) is 98.8 Å². The molecular weight excluding hydrogens is 462 g/mol. The van der Waals surface area contributed by atoms with E-state index in [4.69, 9.17) is 9.57 Å². The lowest BCUT2D eigenvalue weighted by Crippen LogP contribution is -2.30. The van der Waals surface area contributed by atoms with Crippen LogP contribution in [0.3, 0.4) is 0 Å². The van der Waals surface area contributed by atoms with Gasteiger partial charge in [0.05, 0.1) is 18.9 Å². The van der Waals surface area contributed by atoms with Gasteiger partial charge in [0, 0.05) is 12.5 Å². The quantitative estimate of drug-likeness (QED) is 0.0795. The summed E-state index contributed by atoms with van der Waals surface area (Å²) >= 11 is 0. The molecule has 1 amide bonds. The molecule has 0 aliphatic heterocycles. The Bertz CT molecular complexity index is 732. The molecule has 0 aliphatic rings. The molecule has 0 saturated heterocycles. The summed E-state index contributed by atoms with van der Waals surface area (Å²) in [5.41, 5.74) is 3.33. The van der Waals surface area contributed by atoms with Crippen molar-refractivity contribution in [2.75, 3.05) is 33.4 Å². The predicted molar refractivity (Wildman–Crippen MR) is 158 cm³/mol. The van der Waals surface area contributed by atoms with Crippen LogP contribution < -0.4 is 10.6 Å².